The maximum absolute atomic E-state index is 11.1. The Labute approximate surface area is 290 Å². The van der Waals surface area contributed by atoms with E-state index in [1.807, 2.05) is 0 Å². The van der Waals surface area contributed by atoms with Gasteiger partial charge in [-0.2, -0.15) is 8.42 Å². The lowest BCUT2D eigenvalue weighted by molar-refractivity contribution is 0.234. The van der Waals surface area contributed by atoms with Crippen LogP contribution < -0.4 is 0 Å². The van der Waals surface area contributed by atoms with Gasteiger partial charge < -0.3 is 0 Å². The molecule has 4 nitrogen and oxygen atoms in total. The molecule has 0 rings (SSSR count). The Morgan fingerprint density at radius 2 is 0.739 bits per heavy atom. The monoisotopic (exact) mass is 671 g/mol. The number of unbranched alkanes of at least 4 members (excludes halogenated alkanes) is 32. The molecule has 0 amide bonds. The van der Waals surface area contributed by atoms with E-state index in [0.717, 1.165) is 19.3 Å². The summed E-state index contributed by atoms with van der Waals surface area (Å²) in [6, 6.07) is 0. The number of hydrogen-bond acceptors (Lipinski definition) is 3. The fraction of sp³-hybridized carbons (Fsp3) is 0.951. The minimum absolute atomic E-state index is 0.0487. The third-order valence-corrected chi connectivity index (χ3v) is 10.2. The molecule has 0 radical (unpaired) electrons. The third kappa shape index (κ3) is 39.8. The van der Waals surface area contributed by atoms with Gasteiger partial charge >= 0.3 is 10.4 Å². The molecule has 0 aromatic heterocycles. The van der Waals surface area contributed by atoms with Crippen molar-refractivity contribution in [1.29, 1.82) is 0 Å². The molecular weight excluding hydrogens is 589 g/mol. The van der Waals surface area contributed by atoms with Gasteiger partial charge in [0.1, 0.15) is 0 Å². The summed E-state index contributed by atoms with van der Waals surface area (Å²) in [5.41, 5.74) is 0. The average molecular weight is 671 g/mol. The summed E-state index contributed by atoms with van der Waals surface area (Å²) in [5, 5.41) is 0. The van der Waals surface area contributed by atoms with Gasteiger partial charge in [0, 0.05) is 5.92 Å². The summed E-state index contributed by atoms with van der Waals surface area (Å²) in [6.45, 7) is 4.62. The molecule has 276 valence electrons. The molecule has 5 heteroatoms. The van der Waals surface area contributed by atoms with Crippen LogP contribution in [0.25, 0.3) is 0 Å². The Morgan fingerprint density at radius 3 is 1.04 bits per heavy atom. The van der Waals surface area contributed by atoms with Crippen molar-refractivity contribution in [3.05, 3.63) is 12.2 Å². The summed E-state index contributed by atoms with van der Waals surface area (Å²) in [4.78, 5) is 0. The molecule has 0 aliphatic carbocycles. The van der Waals surface area contributed by atoms with Crippen LogP contribution in [0.2, 0.25) is 0 Å². The first-order valence-corrected chi connectivity index (χ1v) is 22.1. The van der Waals surface area contributed by atoms with Crippen LogP contribution >= 0.6 is 0 Å². The minimum Gasteiger partial charge on any atom is -0.264 e. The van der Waals surface area contributed by atoms with Crippen molar-refractivity contribution in [1.82, 2.24) is 0 Å². The van der Waals surface area contributed by atoms with E-state index in [-0.39, 0.29) is 12.5 Å². The molecule has 0 saturated carbocycles. The van der Waals surface area contributed by atoms with Crippen molar-refractivity contribution < 1.29 is 17.2 Å². The van der Waals surface area contributed by atoms with Crippen LogP contribution in [0.3, 0.4) is 0 Å². The topological polar surface area (TPSA) is 63.6 Å². The maximum Gasteiger partial charge on any atom is 0.397 e. The van der Waals surface area contributed by atoms with E-state index in [2.05, 4.69) is 26.0 Å². The average Bonchev–Trinajstić information content (AvgIpc) is 3.03. The third-order valence-electron chi connectivity index (χ3n) is 9.74. The van der Waals surface area contributed by atoms with Crippen LogP contribution in [0, 0.1) is 5.92 Å². The van der Waals surface area contributed by atoms with E-state index in [4.69, 9.17) is 8.74 Å². The zero-order chi connectivity index (χ0) is 33.7. The highest BCUT2D eigenvalue weighted by Gasteiger charge is 2.11. The molecule has 0 aromatic carbocycles. The van der Waals surface area contributed by atoms with Crippen molar-refractivity contribution in [2.24, 2.45) is 5.92 Å². The zero-order valence-corrected chi connectivity index (χ0v) is 32.1. The largest absolute Gasteiger partial charge is 0.397 e. The standard InChI is InChI=1S/C41H82O4S/c1-3-5-7-9-11-13-15-17-19-20-21-22-23-25-27-29-31-33-35-37-39-41(40-45-46(42,43)44)38-36-34-32-30-28-26-24-18-16-14-12-10-8-6-4-2/h37,39,41H,3-36,38,40H2,1-2H3,(H,42,43,44)/b39-37+. The highest BCUT2D eigenvalue weighted by Crippen LogP contribution is 2.18. The lowest BCUT2D eigenvalue weighted by atomic mass is 9.99. The molecule has 0 bridgehead atoms. The summed E-state index contributed by atoms with van der Waals surface area (Å²) < 4.78 is 36.0. The molecule has 1 unspecified atom stereocenters. The SMILES string of the molecule is CCCCCCCCCCCCCCCCCCCC/C=C/C(CCCCCCCCCCCCCCCCC)COS(=O)(=O)O. The first-order valence-electron chi connectivity index (χ1n) is 20.8. The van der Waals surface area contributed by atoms with Gasteiger partial charge in [-0.25, -0.2) is 4.18 Å². The van der Waals surface area contributed by atoms with Crippen molar-refractivity contribution in [2.45, 2.75) is 239 Å². The van der Waals surface area contributed by atoms with Gasteiger partial charge in [0.25, 0.3) is 0 Å². The maximum atomic E-state index is 11.1. The summed E-state index contributed by atoms with van der Waals surface area (Å²) >= 11 is 0. The molecule has 0 aliphatic rings. The van der Waals surface area contributed by atoms with Gasteiger partial charge in [0.05, 0.1) is 6.61 Å². The second-order valence-corrected chi connectivity index (χ2v) is 15.5. The molecule has 0 aliphatic heterocycles. The van der Waals surface area contributed by atoms with Crippen molar-refractivity contribution >= 4 is 10.4 Å². The van der Waals surface area contributed by atoms with Crippen LogP contribution in [0.15, 0.2) is 12.2 Å². The van der Waals surface area contributed by atoms with E-state index in [1.165, 1.54) is 205 Å². The van der Waals surface area contributed by atoms with Crippen molar-refractivity contribution in [3.63, 3.8) is 0 Å². The van der Waals surface area contributed by atoms with E-state index >= 15 is 0 Å². The minimum atomic E-state index is -4.38. The van der Waals surface area contributed by atoms with E-state index in [0.29, 0.717) is 0 Å². The molecule has 0 aromatic rings. The van der Waals surface area contributed by atoms with Gasteiger partial charge in [-0.15, -0.1) is 0 Å². The van der Waals surface area contributed by atoms with Crippen LogP contribution in [0.5, 0.6) is 0 Å². The normalized spacial score (nSPS) is 12.8. The van der Waals surface area contributed by atoms with E-state index < -0.39 is 10.4 Å². The highest BCUT2D eigenvalue weighted by atomic mass is 32.3. The van der Waals surface area contributed by atoms with Crippen LogP contribution in [-0.4, -0.2) is 19.6 Å². The quantitative estimate of drug-likeness (QED) is 0.0401. The van der Waals surface area contributed by atoms with Gasteiger partial charge in [0.15, 0.2) is 0 Å². The van der Waals surface area contributed by atoms with Gasteiger partial charge in [-0.05, 0) is 19.3 Å². The fourth-order valence-electron chi connectivity index (χ4n) is 6.64. The smallest absolute Gasteiger partial charge is 0.264 e. The first kappa shape index (κ1) is 45.6. The van der Waals surface area contributed by atoms with E-state index in [1.54, 1.807) is 0 Å². The van der Waals surface area contributed by atoms with Crippen molar-refractivity contribution in [3.8, 4) is 0 Å². The molecule has 0 spiro atoms. The Kier molecular flexibility index (Phi) is 37.1. The lowest BCUT2D eigenvalue weighted by Gasteiger charge is -2.12. The predicted octanol–water partition coefficient (Wildman–Crippen LogP) is 14.7. The Bertz CT molecular complexity index is 705. The van der Waals surface area contributed by atoms with Gasteiger partial charge in [-0.3, -0.25) is 4.55 Å². The molecule has 0 saturated heterocycles. The van der Waals surface area contributed by atoms with Crippen LogP contribution in [0.1, 0.15) is 239 Å². The van der Waals surface area contributed by atoms with Gasteiger partial charge in [0.2, 0.25) is 0 Å². The number of allylic oxidation sites excluding steroid dienone is 1. The molecule has 0 heterocycles. The second kappa shape index (κ2) is 37.4. The number of hydrogen-bond donors (Lipinski definition) is 1. The van der Waals surface area contributed by atoms with Crippen molar-refractivity contribution in [2.75, 3.05) is 6.61 Å². The Morgan fingerprint density at radius 1 is 0.457 bits per heavy atom. The summed E-state index contributed by atoms with van der Waals surface area (Å²) in [7, 11) is -4.38. The predicted molar refractivity (Wildman–Crippen MR) is 203 cm³/mol. The first-order chi connectivity index (χ1) is 22.5. The zero-order valence-electron chi connectivity index (χ0n) is 31.3. The lowest BCUT2D eigenvalue weighted by Crippen LogP contribution is -2.12. The summed E-state index contributed by atoms with van der Waals surface area (Å²) in [5.74, 6) is 0.0550. The molecule has 1 N–H and O–H groups in total. The molecule has 46 heavy (non-hydrogen) atoms. The fourth-order valence-corrected chi connectivity index (χ4v) is 6.99. The summed E-state index contributed by atoms with van der Waals surface area (Å²) in [6.07, 6.45) is 51.5. The second-order valence-electron chi connectivity index (χ2n) is 14.4. The molecule has 0 fully saturated rings. The van der Waals surface area contributed by atoms with Gasteiger partial charge in [-0.1, -0.05) is 231 Å². The highest BCUT2D eigenvalue weighted by molar-refractivity contribution is 7.80. The van der Waals surface area contributed by atoms with Crippen LogP contribution in [0.4, 0.5) is 0 Å². The Hall–Kier alpha value is -0.390. The number of rotatable bonds is 39. The molecular formula is C41H82O4S. The van der Waals surface area contributed by atoms with Crippen LogP contribution in [-0.2, 0) is 14.6 Å². The Balaban J connectivity index is 3.69. The molecule has 1 atom stereocenters. The van der Waals surface area contributed by atoms with E-state index in [9.17, 15) is 8.42 Å².